The lowest BCUT2D eigenvalue weighted by atomic mass is 9.39. The molecule has 0 atom stereocenters. The Morgan fingerprint density at radius 2 is 1.75 bits per heavy atom. The van der Waals surface area contributed by atoms with Gasteiger partial charge in [-0.15, -0.1) is 0 Å². The standard InChI is InChI=1S/C7H8F3NO/c8-7(9,10)5-1-6(2-5,3-5)11-4-12/h4H,1-3H2,(H,11,12). The Hall–Kier alpha value is -0.740. The van der Waals surface area contributed by atoms with Crippen molar-refractivity contribution in [3.05, 3.63) is 0 Å². The molecule has 2 nitrogen and oxygen atoms in total. The lowest BCUT2D eigenvalue weighted by molar-refractivity contribution is -0.337. The quantitative estimate of drug-likeness (QED) is 0.634. The second kappa shape index (κ2) is 1.78. The molecule has 3 aliphatic rings. The molecule has 5 heteroatoms. The molecule has 68 valence electrons. The molecule has 0 aromatic heterocycles. The summed E-state index contributed by atoms with van der Waals surface area (Å²) in [5.74, 6) is 0. The SMILES string of the molecule is O=CNC12CC(C(F)(F)F)(C1)C2. The number of alkyl halides is 3. The van der Waals surface area contributed by atoms with Crippen LogP contribution in [0, 0.1) is 5.41 Å². The second-order valence-electron chi connectivity index (χ2n) is 3.85. The zero-order valence-electron chi connectivity index (χ0n) is 6.24. The molecule has 0 aromatic rings. The predicted octanol–water partition coefficient (Wildman–Crippen LogP) is 1.22. The molecule has 2 bridgehead atoms. The fourth-order valence-electron chi connectivity index (χ4n) is 2.37. The highest BCUT2D eigenvalue weighted by atomic mass is 19.4. The first kappa shape index (κ1) is 7.89. The molecule has 12 heavy (non-hydrogen) atoms. The van der Waals surface area contributed by atoms with Crippen molar-refractivity contribution in [2.75, 3.05) is 0 Å². The van der Waals surface area contributed by atoms with Gasteiger partial charge in [0.2, 0.25) is 6.41 Å². The van der Waals surface area contributed by atoms with Crippen LogP contribution in [-0.4, -0.2) is 18.1 Å². The Kier molecular flexibility index (Phi) is 1.17. The largest absolute Gasteiger partial charge is 0.394 e. The van der Waals surface area contributed by atoms with E-state index < -0.39 is 17.1 Å². The summed E-state index contributed by atoms with van der Waals surface area (Å²) in [6.07, 6.45) is -3.38. The van der Waals surface area contributed by atoms with Crippen molar-refractivity contribution in [3.8, 4) is 0 Å². The van der Waals surface area contributed by atoms with Gasteiger partial charge in [-0.05, 0) is 19.3 Å². The predicted molar refractivity (Wildman–Crippen MR) is 34.3 cm³/mol. The van der Waals surface area contributed by atoms with Gasteiger partial charge in [0.05, 0.1) is 5.41 Å². The molecule has 3 fully saturated rings. The lowest BCUT2D eigenvalue weighted by Gasteiger charge is -2.69. The Bertz CT molecular complexity index is 216. The van der Waals surface area contributed by atoms with Crippen molar-refractivity contribution in [2.24, 2.45) is 5.41 Å². The van der Waals surface area contributed by atoms with Crippen LogP contribution in [0.2, 0.25) is 0 Å². The molecule has 1 N–H and O–H groups in total. The van der Waals surface area contributed by atoms with Gasteiger partial charge in [-0.2, -0.15) is 13.2 Å². The molecular weight excluding hydrogens is 171 g/mol. The zero-order valence-corrected chi connectivity index (χ0v) is 6.24. The molecule has 3 aliphatic carbocycles. The third-order valence-electron chi connectivity index (χ3n) is 3.00. The van der Waals surface area contributed by atoms with Crippen LogP contribution in [0.25, 0.3) is 0 Å². The van der Waals surface area contributed by atoms with Gasteiger partial charge < -0.3 is 5.32 Å². The van der Waals surface area contributed by atoms with Gasteiger partial charge in [0.25, 0.3) is 0 Å². The molecule has 0 aliphatic heterocycles. The Morgan fingerprint density at radius 3 is 2.08 bits per heavy atom. The van der Waals surface area contributed by atoms with Crippen LogP contribution in [0.4, 0.5) is 13.2 Å². The summed E-state index contributed by atoms with van der Waals surface area (Å²) in [6.45, 7) is 0. The topological polar surface area (TPSA) is 29.1 Å². The number of rotatable bonds is 2. The van der Waals surface area contributed by atoms with E-state index in [1.807, 2.05) is 0 Å². The van der Waals surface area contributed by atoms with Crippen molar-refractivity contribution < 1.29 is 18.0 Å². The second-order valence-corrected chi connectivity index (χ2v) is 3.85. The fraction of sp³-hybridized carbons (Fsp3) is 0.857. The molecule has 0 saturated heterocycles. The molecule has 0 aromatic carbocycles. The van der Waals surface area contributed by atoms with Crippen LogP contribution >= 0.6 is 0 Å². The molecule has 0 heterocycles. The monoisotopic (exact) mass is 179 g/mol. The molecule has 3 rings (SSSR count). The van der Waals surface area contributed by atoms with Crippen LogP contribution in [0.3, 0.4) is 0 Å². The minimum atomic E-state index is -4.08. The average Bonchev–Trinajstić information content (AvgIpc) is 1.70. The maximum atomic E-state index is 12.2. The van der Waals surface area contributed by atoms with Gasteiger partial charge in [-0.1, -0.05) is 0 Å². The van der Waals surface area contributed by atoms with Crippen LogP contribution in [0.1, 0.15) is 19.3 Å². The molecule has 0 unspecified atom stereocenters. The molecule has 0 radical (unpaired) electrons. The number of carbonyl (C=O) groups is 1. The van der Waals surface area contributed by atoms with Crippen molar-refractivity contribution in [2.45, 2.75) is 31.0 Å². The highest BCUT2D eigenvalue weighted by Gasteiger charge is 2.78. The van der Waals surface area contributed by atoms with Crippen LogP contribution in [-0.2, 0) is 4.79 Å². The number of halogens is 3. The summed E-state index contributed by atoms with van der Waals surface area (Å²) < 4.78 is 36.7. The average molecular weight is 179 g/mol. The van der Waals surface area contributed by atoms with E-state index in [0.29, 0.717) is 6.41 Å². The van der Waals surface area contributed by atoms with Gasteiger partial charge in [0, 0.05) is 5.54 Å². The molecular formula is C7H8F3NO. The van der Waals surface area contributed by atoms with Crippen molar-refractivity contribution in [1.82, 2.24) is 5.32 Å². The van der Waals surface area contributed by atoms with E-state index in [2.05, 4.69) is 5.32 Å². The van der Waals surface area contributed by atoms with Gasteiger partial charge in [0.15, 0.2) is 0 Å². The van der Waals surface area contributed by atoms with E-state index in [0.717, 1.165) is 0 Å². The minimum absolute atomic E-state index is 0.0717. The third-order valence-corrected chi connectivity index (χ3v) is 3.00. The third kappa shape index (κ3) is 0.690. The van der Waals surface area contributed by atoms with Gasteiger partial charge in [-0.3, -0.25) is 4.79 Å². The molecule has 1 amide bonds. The van der Waals surface area contributed by atoms with Crippen LogP contribution < -0.4 is 5.32 Å². The highest BCUT2D eigenvalue weighted by Crippen LogP contribution is 2.73. The first-order chi connectivity index (χ1) is 5.43. The first-order valence-electron chi connectivity index (χ1n) is 3.71. The van der Waals surface area contributed by atoms with E-state index in [1.54, 1.807) is 0 Å². The Morgan fingerprint density at radius 1 is 1.25 bits per heavy atom. The van der Waals surface area contributed by atoms with E-state index in [4.69, 9.17) is 0 Å². The Balaban J connectivity index is 2.00. The van der Waals surface area contributed by atoms with E-state index in [1.165, 1.54) is 0 Å². The van der Waals surface area contributed by atoms with Crippen molar-refractivity contribution in [1.29, 1.82) is 0 Å². The number of hydrogen-bond donors (Lipinski definition) is 1. The van der Waals surface area contributed by atoms with Crippen LogP contribution in [0.15, 0.2) is 0 Å². The Labute approximate surface area is 67.1 Å². The summed E-state index contributed by atoms with van der Waals surface area (Å²) in [5, 5.41) is 2.44. The maximum absolute atomic E-state index is 12.2. The summed E-state index contributed by atoms with van der Waals surface area (Å²) in [6, 6.07) is 0. The van der Waals surface area contributed by atoms with Crippen molar-refractivity contribution in [3.63, 3.8) is 0 Å². The van der Waals surface area contributed by atoms with Gasteiger partial charge >= 0.3 is 6.18 Å². The van der Waals surface area contributed by atoms with E-state index in [-0.39, 0.29) is 19.3 Å². The molecule has 3 saturated carbocycles. The zero-order chi connectivity index (χ0) is 9.04. The van der Waals surface area contributed by atoms with Gasteiger partial charge in [-0.25, -0.2) is 0 Å². The molecule has 0 spiro atoms. The van der Waals surface area contributed by atoms with Crippen molar-refractivity contribution >= 4 is 6.41 Å². The maximum Gasteiger partial charge on any atom is 0.394 e. The number of nitrogens with one attached hydrogen (secondary N) is 1. The summed E-state index contributed by atoms with van der Waals surface area (Å²) in [4.78, 5) is 10.00. The lowest BCUT2D eigenvalue weighted by Crippen LogP contribution is -2.77. The van der Waals surface area contributed by atoms with Crippen LogP contribution in [0.5, 0.6) is 0 Å². The summed E-state index contributed by atoms with van der Waals surface area (Å²) in [7, 11) is 0. The number of carbonyl (C=O) groups excluding carboxylic acids is 1. The smallest absolute Gasteiger partial charge is 0.353 e. The minimum Gasteiger partial charge on any atom is -0.353 e. The normalized spacial score (nSPS) is 44.2. The van der Waals surface area contributed by atoms with Gasteiger partial charge in [0.1, 0.15) is 0 Å². The number of hydrogen-bond acceptors (Lipinski definition) is 1. The van der Waals surface area contributed by atoms with E-state index in [9.17, 15) is 18.0 Å². The highest BCUT2D eigenvalue weighted by molar-refractivity contribution is 5.51. The summed E-state index contributed by atoms with van der Waals surface area (Å²) in [5.41, 5.74) is -1.96. The fourth-order valence-corrected chi connectivity index (χ4v) is 2.37. The number of amides is 1. The van der Waals surface area contributed by atoms with E-state index >= 15 is 0 Å². The summed E-state index contributed by atoms with van der Waals surface area (Å²) >= 11 is 0. The first-order valence-corrected chi connectivity index (χ1v) is 3.71.